The Morgan fingerprint density at radius 1 is 1.26 bits per heavy atom. The summed E-state index contributed by atoms with van der Waals surface area (Å²) < 4.78 is 0. The topological polar surface area (TPSA) is 55.2 Å². The van der Waals surface area contributed by atoms with Crippen molar-refractivity contribution >= 4 is 23.0 Å². The molecule has 19 heavy (non-hydrogen) atoms. The summed E-state index contributed by atoms with van der Waals surface area (Å²) in [6, 6.07) is 12.5. The van der Waals surface area contributed by atoms with E-state index < -0.39 is 0 Å². The van der Waals surface area contributed by atoms with Gasteiger partial charge in [0.1, 0.15) is 0 Å². The number of hydrogen-bond acceptors (Lipinski definition) is 3. The van der Waals surface area contributed by atoms with Crippen LogP contribution >= 0.6 is 11.6 Å². The third-order valence-corrected chi connectivity index (χ3v) is 3.20. The molecule has 0 unspecified atom stereocenters. The molecule has 4 nitrogen and oxygen atoms in total. The molecule has 2 rings (SSSR count). The molecule has 0 aliphatic rings. The lowest BCUT2D eigenvalue weighted by Crippen LogP contribution is -2.01. The number of nitrogens with one attached hydrogen (secondary N) is 1. The van der Waals surface area contributed by atoms with E-state index in [0.29, 0.717) is 17.1 Å². The van der Waals surface area contributed by atoms with Crippen molar-refractivity contribution < 1.29 is 4.92 Å². The Morgan fingerprint density at radius 3 is 2.63 bits per heavy atom. The smallest absolute Gasteiger partial charge is 0.272 e. The summed E-state index contributed by atoms with van der Waals surface area (Å²) in [4.78, 5) is 10.3. The van der Waals surface area contributed by atoms with E-state index in [1.165, 1.54) is 6.07 Å². The second-order valence-electron chi connectivity index (χ2n) is 4.20. The van der Waals surface area contributed by atoms with E-state index in [4.69, 9.17) is 11.6 Å². The van der Waals surface area contributed by atoms with E-state index in [-0.39, 0.29) is 10.6 Å². The first kappa shape index (κ1) is 13.4. The quantitative estimate of drug-likeness (QED) is 0.673. The Labute approximate surface area is 116 Å². The molecule has 1 N–H and O–H groups in total. The van der Waals surface area contributed by atoms with Crippen LogP contribution < -0.4 is 5.32 Å². The van der Waals surface area contributed by atoms with Crippen LogP contribution in [0.1, 0.15) is 11.1 Å². The molecular formula is C14H13ClN2O2. The van der Waals surface area contributed by atoms with Gasteiger partial charge in [-0.1, -0.05) is 29.8 Å². The Morgan fingerprint density at radius 2 is 2.00 bits per heavy atom. The highest BCUT2D eigenvalue weighted by atomic mass is 35.5. The molecule has 5 heteroatoms. The maximum Gasteiger partial charge on any atom is 0.272 e. The molecular weight excluding hydrogens is 264 g/mol. The summed E-state index contributed by atoms with van der Waals surface area (Å²) in [7, 11) is 0. The molecule has 2 aromatic carbocycles. The molecule has 2 aromatic rings. The number of nitro benzene ring substituents is 1. The van der Waals surface area contributed by atoms with Crippen molar-refractivity contribution in [2.75, 3.05) is 5.32 Å². The minimum atomic E-state index is -0.382. The largest absolute Gasteiger partial charge is 0.381 e. The molecule has 0 heterocycles. The molecule has 0 spiro atoms. The van der Waals surface area contributed by atoms with E-state index in [2.05, 4.69) is 5.32 Å². The summed E-state index contributed by atoms with van der Waals surface area (Å²) in [6.07, 6.45) is 0. The van der Waals surface area contributed by atoms with Gasteiger partial charge in [0.15, 0.2) is 0 Å². The van der Waals surface area contributed by atoms with Crippen LogP contribution in [0, 0.1) is 17.0 Å². The van der Waals surface area contributed by atoms with Crippen LogP contribution in [0.5, 0.6) is 0 Å². The number of nitrogens with zero attached hydrogens (tertiary/aromatic N) is 1. The first-order chi connectivity index (χ1) is 9.08. The van der Waals surface area contributed by atoms with Gasteiger partial charge < -0.3 is 5.32 Å². The number of nitro groups is 1. The Kier molecular flexibility index (Phi) is 4.02. The van der Waals surface area contributed by atoms with Gasteiger partial charge in [0.25, 0.3) is 5.69 Å². The van der Waals surface area contributed by atoms with Gasteiger partial charge in [-0.05, 0) is 30.7 Å². The van der Waals surface area contributed by atoms with Gasteiger partial charge >= 0.3 is 0 Å². The average Bonchev–Trinajstić information content (AvgIpc) is 2.37. The molecule has 0 aliphatic heterocycles. The molecule has 0 saturated heterocycles. The van der Waals surface area contributed by atoms with Crippen molar-refractivity contribution in [1.29, 1.82) is 0 Å². The van der Waals surface area contributed by atoms with Crippen molar-refractivity contribution in [2.45, 2.75) is 13.5 Å². The van der Waals surface area contributed by atoms with E-state index in [9.17, 15) is 10.1 Å². The van der Waals surface area contributed by atoms with Crippen LogP contribution in [-0.2, 0) is 6.54 Å². The minimum absolute atomic E-state index is 0.128. The fourth-order valence-corrected chi connectivity index (χ4v) is 2.01. The van der Waals surface area contributed by atoms with Gasteiger partial charge in [-0.3, -0.25) is 10.1 Å². The second-order valence-corrected chi connectivity index (χ2v) is 4.61. The van der Waals surface area contributed by atoms with Crippen molar-refractivity contribution in [3.8, 4) is 0 Å². The van der Waals surface area contributed by atoms with Crippen molar-refractivity contribution in [2.24, 2.45) is 0 Å². The molecule has 0 fully saturated rings. The van der Waals surface area contributed by atoms with Crippen LogP contribution in [0.25, 0.3) is 0 Å². The average molecular weight is 277 g/mol. The lowest BCUT2D eigenvalue weighted by atomic mass is 10.1. The predicted molar refractivity (Wildman–Crippen MR) is 76.6 cm³/mol. The van der Waals surface area contributed by atoms with Crippen LogP contribution in [0.15, 0.2) is 42.5 Å². The summed E-state index contributed by atoms with van der Waals surface area (Å²) in [6.45, 7) is 2.30. The lowest BCUT2D eigenvalue weighted by molar-refractivity contribution is -0.385. The number of aryl methyl sites for hydroxylation is 1. The van der Waals surface area contributed by atoms with Gasteiger partial charge in [-0.2, -0.15) is 0 Å². The van der Waals surface area contributed by atoms with Crippen molar-refractivity contribution in [3.63, 3.8) is 0 Å². The zero-order valence-corrected chi connectivity index (χ0v) is 11.1. The lowest BCUT2D eigenvalue weighted by Gasteiger charge is -2.08. The highest BCUT2D eigenvalue weighted by Crippen LogP contribution is 2.23. The highest BCUT2D eigenvalue weighted by Gasteiger charge is 2.10. The normalized spacial score (nSPS) is 10.2. The molecule has 0 amide bonds. The second kappa shape index (κ2) is 5.71. The summed E-state index contributed by atoms with van der Waals surface area (Å²) >= 11 is 6.06. The Bertz CT molecular complexity index is 614. The van der Waals surface area contributed by atoms with Gasteiger partial charge in [-0.25, -0.2) is 0 Å². The molecule has 0 saturated carbocycles. The van der Waals surface area contributed by atoms with Crippen LogP contribution in [0.4, 0.5) is 11.4 Å². The Hall–Kier alpha value is -2.07. The van der Waals surface area contributed by atoms with Crippen LogP contribution in [-0.4, -0.2) is 4.92 Å². The standard InChI is InChI=1S/C14H13ClN2O2/c1-10-8-12(6-7-14(10)17(18)19)16-9-11-4-2-3-5-13(11)15/h2-8,16H,9H2,1H3. The first-order valence-corrected chi connectivity index (χ1v) is 6.18. The summed E-state index contributed by atoms with van der Waals surface area (Å²) in [5, 5.41) is 14.6. The zero-order valence-electron chi connectivity index (χ0n) is 10.4. The van der Waals surface area contributed by atoms with E-state index in [0.717, 1.165) is 11.3 Å². The number of rotatable bonds is 4. The van der Waals surface area contributed by atoms with E-state index >= 15 is 0 Å². The van der Waals surface area contributed by atoms with Crippen LogP contribution in [0.2, 0.25) is 5.02 Å². The highest BCUT2D eigenvalue weighted by molar-refractivity contribution is 6.31. The van der Waals surface area contributed by atoms with Gasteiger partial charge in [-0.15, -0.1) is 0 Å². The molecule has 0 bridgehead atoms. The van der Waals surface area contributed by atoms with E-state index in [1.54, 1.807) is 19.1 Å². The molecule has 98 valence electrons. The van der Waals surface area contributed by atoms with Gasteiger partial charge in [0.2, 0.25) is 0 Å². The van der Waals surface area contributed by atoms with Gasteiger partial charge in [0, 0.05) is 28.9 Å². The number of halogens is 1. The summed E-state index contributed by atoms with van der Waals surface area (Å²) in [5.41, 5.74) is 2.58. The number of anilines is 1. The molecule has 0 atom stereocenters. The van der Waals surface area contributed by atoms with Crippen LogP contribution in [0.3, 0.4) is 0 Å². The summed E-state index contributed by atoms with van der Waals surface area (Å²) in [5.74, 6) is 0. The van der Waals surface area contributed by atoms with Crippen molar-refractivity contribution in [1.82, 2.24) is 0 Å². The molecule has 0 aromatic heterocycles. The first-order valence-electron chi connectivity index (χ1n) is 5.80. The van der Waals surface area contributed by atoms with Gasteiger partial charge in [0.05, 0.1) is 4.92 Å². The third kappa shape index (κ3) is 3.23. The maximum atomic E-state index is 10.7. The van der Waals surface area contributed by atoms with Crippen molar-refractivity contribution in [3.05, 3.63) is 68.7 Å². The number of hydrogen-bond donors (Lipinski definition) is 1. The monoisotopic (exact) mass is 276 g/mol. The fraction of sp³-hybridized carbons (Fsp3) is 0.143. The Balaban J connectivity index is 2.11. The maximum absolute atomic E-state index is 10.7. The third-order valence-electron chi connectivity index (χ3n) is 2.83. The van der Waals surface area contributed by atoms with E-state index in [1.807, 2.05) is 24.3 Å². The molecule has 0 aliphatic carbocycles. The molecule has 0 radical (unpaired) electrons. The fourth-order valence-electron chi connectivity index (χ4n) is 1.81. The minimum Gasteiger partial charge on any atom is -0.381 e. The SMILES string of the molecule is Cc1cc(NCc2ccccc2Cl)ccc1[N+](=O)[O-]. The zero-order chi connectivity index (χ0) is 13.8. The number of benzene rings is 2. The predicted octanol–water partition coefficient (Wildman–Crippen LogP) is 4.17.